The van der Waals surface area contributed by atoms with Crippen molar-refractivity contribution in [3.05, 3.63) is 0 Å². The molecular weight excluding hydrogens is 757 g/mol. The summed E-state index contributed by atoms with van der Waals surface area (Å²) in [6, 6.07) is -0.338. The second kappa shape index (κ2) is 16.2. The van der Waals surface area contributed by atoms with Gasteiger partial charge in [-0.1, -0.05) is 20.8 Å². The lowest BCUT2D eigenvalue weighted by molar-refractivity contribution is -0.316. The normalized spacial score (nSPS) is 51.3. The first kappa shape index (κ1) is 42.8. The van der Waals surface area contributed by atoms with Gasteiger partial charge in [-0.25, -0.2) is 0 Å². The number of Topliss-reactive ketones (excluding diaryl/α,β-unsaturated/α-hetero) is 1. The Morgan fingerprint density at radius 1 is 0.837 bits per heavy atom. The number of aliphatic hydroxyl groups is 6. The molecule has 0 amide bonds. The third-order valence-electron chi connectivity index (χ3n) is 10.8. The van der Waals surface area contributed by atoms with Crippen molar-refractivity contribution in [2.45, 2.75) is 164 Å². The van der Waals surface area contributed by atoms with Crippen LogP contribution >= 0.6 is 22.6 Å². The smallest absolute Gasteiger partial charge is 0.312 e. The molecule has 3 saturated heterocycles. The Labute approximate surface area is 303 Å². The molecule has 3 aliphatic rings. The zero-order valence-electron chi connectivity index (χ0n) is 30.6. The van der Waals surface area contributed by atoms with Crippen LogP contribution in [0.2, 0.25) is 0 Å². The number of aliphatic hydroxyl groups excluding tert-OH is 3. The van der Waals surface area contributed by atoms with E-state index in [-0.39, 0.29) is 25.0 Å². The first-order valence-electron chi connectivity index (χ1n) is 17.2. The second-order valence-electron chi connectivity index (χ2n) is 15.7. The summed E-state index contributed by atoms with van der Waals surface area (Å²) in [5.74, 6) is -5.19. The van der Waals surface area contributed by atoms with Gasteiger partial charge in [0.15, 0.2) is 16.7 Å². The predicted molar refractivity (Wildman–Crippen MR) is 185 cm³/mol. The zero-order chi connectivity index (χ0) is 37.5. The van der Waals surface area contributed by atoms with Gasteiger partial charge in [-0.2, -0.15) is 0 Å². The van der Waals surface area contributed by atoms with E-state index in [1.165, 1.54) is 27.7 Å². The Bertz CT molecular complexity index is 1140. The number of ketones is 1. The number of esters is 1. The minimum Gasteiger partial charge on any atom is -0.448 e. The summed E-state index contributed by atoms with van der Waals surface area (Å²) < 4.78 is 29.4. The molecule has 8 unspecified atom stereocenters. The number of hydrogen-bond donors (Lipinski definition) is 6. The average Bonchev–Trinajstić information content (AvgIpc) is 2.99. The van der Waals surface area contributed by atoms with Crippen LogP contribution in [0.3, 0.4) is 0 Å². The van der Waals surface area contributed by atoms with E-state index in [1.54, 1.807) is 50.3 Å². The SMILES string of the molecule is CC1CC(N(C)C)C(O)C(O[C@@H]2[C@@H](C)[C@H](OC3CC(C)(O)C(O)C(C)O3)[C@@H](C)C(=O)O[C@H](I)[C@@](C)(O)[C@H](O)[C@@H](C)C(=O)[C@H](C)C[C@@]2(C)O)O1. The molecule has 3 heterocycles. The van der Waals surface area contributed by atoms with Crippen molar-refractivity contribution >= 4 is 34.3 Å². The van der Waals surface area contributed by atoms with Crippen LogP contribution in [-0.2, 0) is 33.3 Å². The molecule has 18 atom stereocenters. The molecule has 0 saturated carbocycles. The van der Waals surface area contributed by atoms with Gasteiger partial charge < -0.3 is 59.2 Å². The molecule has 0 aromatic carbocycles. The average molecular weight is 818 g/mol. The van der Waals surface area contributed by atoms with Crippen molar-refractivity contribution in [1.29, 1.82) is 0 Å². The molecule has 3 aliphatic heterocycles. The predicted octanol–water partition coefficient (Wildman–Crippen LogP) is 1.11. The maximum Gasteiger partial charge on any atom is 0.312 e. The number of ether oxygens (including phenoxy) is 5. The van der Waals surface area contributed by atoms with Gasteiger partial charge in [-0.05, 0) is 91.1 Å². The molecule has 0 radical (unpaired) electrons. The number of carbonyl (C=O) groups excluding carboxylic acids is 2. The highest BCUT2D eigenvalue weighted by molar-refractivity contribution is 14.1. The first-order chi connectivity index (χ1) is 22.3. The molecular formula is C34H60INO13. The second-order valence-corrected chi connectivity index (χ2v) is 16.9. The van der Waals surface area contributed by atoms with Crippen LogP contribution in [0.4, 0.5) is 0 Å². The molecule has 6 N–H and O–H groups in total. The number of halogens is 1. The summed E-state index contributed by atoms with van der Waals surface area (Å²) >= 11 is 1.70. The summed E-state index contributed by atoms with van der Waals surface area (Å²) in [5, 5.41) is 67.7. The van der Waals surface area contributed by atoms with Gasteiger partial charge in [-0.15, -0.1) is 0 Å². The first-order valence-corrected chi connectivity index (χ1v) is 18.5. The van der Waals surface area contributed by atoms with E-state index >= 15 is 0 Å². The molecule has 14 nitrogen and oxygen atoms in total. The van der Waals surface area contributed by atoms with E-state index in [0.717, 1.165) is 0 Å². The fraction of sp³-hybridized carbons (Fsp3) is 0.941. The number of cyclic esters (lactones) is 1. The largest absolute Gasteiger partial charge is 0.448 e. The van der Waals surface area contributed by atoms with Crippen molar-refractivity contribution in [2.24, 2.45) is 23.7 Å². The summed E-state index contributed by atoms with van der Waals surface area (Å²) in [5.41, 5.74) is -5.44. The maximum absolute atomic E-state index is 13.8. The van der Waals surface area contributed by atoms with Crippen LogP contribution in [-0.4, -0.2) is 144 Å². The molecule has 0 aromatic heterocycles. The van der Waals surface area contributed by atoms with Crippen LogP contribution < -0.4 is 0 Å². The Morgan fingerprint density at radius 3 is 1.98 bits per heavy atom. The molecule has 3 rings (SSSR count). The van der Waals surface area contributed by atoms with Gasteiger partial charge in [0.25, 0.3) is 0 Å². The lowest BCUT2D eigenvalue weighted by atomic mass is 9.75. The van der Waals surface area contributed by atoms with E-state index in [2.05, 4.69) is 0 Å². The van der Waals surface area contributed by atoms with E-state index < -0.39 is 106 Å². The minimum absolute atomic E-state index is 0.156. The lowest BCUT2D eigenvalue weighted by Gasteiger charge is -2.48. The number of nitrogens with zero attached hydrogens (tertiary/aromatic N) is 1. The van der Waals surface area contributed by atoms with E-state index in [4.69, 9.17) is 23.7 Å². The molecule has 0 aliphatic carbocycles. The number of hydrogen-bond acceptors (Lipinski definition) is 14. The number of alkyl halides is 1. The Kier molecular flexibility index (Phi) is 14.2. The zero-order valence-corrected chi connectivity index (χ0v) is 32.8. The van der Waals surface area contributed by atoms with Gasteiger partial charge in [0.2, 0.25) is 0 Å². The van der Waals surface area contributed by atoms with Crippen molar-refractivity contribution < 1.29 is 63.9 Å². The maximum atomic E-state index is 13.8. The highest BCUT2D eigenvalue weighted by Gasteiger charge is 2.53. The van der Waals surface area contributed by atoms with Crippen molar-refractivity contribution in [1.82, 2.24) is 4.90 Å². The van der Waals surface area contributed by atoms with Gasteiger partial charge in [0.1, 0.15) is 23.6 Å². The molecule has 286 valence electrons. The number of rotatable bonds is 5. The topological polar surface area (TPSA) is 205 Å². The molecule has 0 bridgehead atoms. The fourth-order valence-corrected chi connectivity index (χ4v) is 8.25. The van der Waals surface area contributed by atoms with Crippen LogP contribution in [0.25, 0.3) is 0 Å². The highest BCUT2D eigenvalue weighted by Crippen LogP contribution is 2.40. The molecule has 3 fully saturated rings. The number of carbonyl (C=O) groups is 2. The Balaban J connectivity index is 2.15. The standard InChI is InChI=1S/C34H60INO13/c1-15-13-33(8,43)28(48-30-24(38)21(36(10)11)12-16(2)45-30)18(4)25(47-22-14-32(7,42)27(40)20(6)46-22)19(5)29(41)49-31(35)34(9,44)26(39)17(3)23(15)37/h15-22,24-28,30-31,38-40,42-44H,12-14H2,1-11H3/t15-,16?,17+,18+,19-,20?,21?,22?,24?,25+,26-,27?,28-,30?,31+,32?,33-,34+/m1/s1. The number of likely N-dealkylation sites (N-methyl/N-ethyl adjacent to an activating group) is 1. The van der Waals surface area contributed by atoms with Crippen LogP contribution in [0.5, 0.6) is 0 Å². The fourth-order valence-electron chi connectivity index (χ4n) is 7.63. The van der Waals surface area contributed by atoms with Gasteiger partial charge in [0, 0.05) is 30.2 Å². The Hall–Kier alpha value is -0.570. The van der Waals surface area contributed by atoms with Crippen molar-refractivity contribution in [3.8, 4) is 0 Å². The molecule has 49 heavy (non-hydrogen) atoms. The van der Waals surface area contributed by atoms with Gasteiger partial charge in [-0.3, -0.25) is 9.59 Å². The highest BCUT2D eigenvalue weighted by atomic mass is 127. The third kappa shape index (κ3) is 9.51. The van der Waals surface area contributed by atoms with Crippen LogP contribution in [0, 0.1) is 23.7 Å². The van der Waals surface area contributed by atoms with Crippen LogP contribution in [0.1, 0.15) is 81.6 Å². The van der Waals surface area contributed by atoms with Crippen LogP contribution in [0.15, 0.2) is 0 Å². The molecule has 0 spiro atoms. The third-order valence-corrected chi connectivity index (χ3v) is 12.3. The van der Waals surface area contributed by atoms with Crippen molar-refractivity contribution in [2.75, 3.05) is 14.1 Å². The monoisotopic (exact) mass is 817 g/mol. The Morgan fingerprint density at radius 2 is 1.43 bits per heavy atom. The summed E-state index contributed by atoms with van der Waals surface area (Å²) in [4.78, 5) is 29.4. The summed E-state index contributed by atoms with van der Waals surface area (Å²) in [6.07, 6.45) is -9.61. The van der Waals surface area contributed by atoms with Gasteiger partial charge >= 0.3 is 5.97 Å². The van der Waals surface area contributed by atoms with E-state index in [1.807, 2.05) is 25.9 Å². The quantitative estimate of drug-likeness (QED) is 0.131. The molecule has 0 aromatic rings. The van der Waals surface area contributed by atoms with Crippen molar-refractivity contribution in [3.63, 3.8) is 0 Å². The summed E-state index contributed by atoms with van der Waals surface area (Å²) in [6.45, 7) is 14.0. The van der Waals surface area contributed by atoms with E-state index in [9.17, 15) is 40.2 Å². The molecule has 15 heteroatoms. The van der Waals surface area contributed by atoms with E-state index in [0.29, 0.717) is 6.42 Å². The minimum atomic E-state index is -2.03. The van der Waals surface area contributed by atoms with Gasteiger partial charge in [0.05, 0.1) is 47.6 Å². The summed E-state index contributed by atoms with van der Waals surface area (Å²) in [7, 11) is 3.66. The lowest BCUT2D eigenvalue weighted by Crippen LogP contribution is -2.61.